The number of rotatable bonds is 4. The molecule has 4 heteroatoms. The van der Waals surface area contributed by atoms with Crippen molar-refractivity contribution in [3.63, 3.8) is 0 Å². The molecule has 0 spiro atoms. The molecule has 3 nitrogen and oxygen atoms in total. The molecule has 0 heterocycles. The predicted molar refractivity (Wildman–Crippen MR) is 77.4 cm³/mol. The highest BCUT2D eigenvalue weighted by molar-refractivity contribution is 5.34. The summed E-state index contributed by atoms with van der Waals surface area (Å²) in [5.41, 5.74) is -0.718. The Bertz CT molecular complexity index is 464. The molecule has 20 heavy (non-hydrogen) atoms. The van der Waals surface area contributed by atoms with Gasteiger partial charge in [0.15, 0.2) is 0 Å². The Morgan fingerprint density at radius 1 is 1.40 bits per heavy atom. The standard InChI is InChI=1S/C16H24FNO2/c1-18(2)11-12-6-4-5-9-16(12,19)14-10-13(20-3)7-8-15(14)17/h7-8,10,12,19H,4-6,9,11H2,1-3H3/t12-,16-/m1/s1. The Balaban J connectivity index is 2.39. The largest absolute Gasteiger partial charge is 0.497 e. The summed E-state index contributed by atoms with van der Waals surface area (Å²) < 4.78 is 19.4. The molecule has 1 fully saturated rings. The molecule has 1 aromatic rings. The number of methoxy groups -OCH3 is 1. The van der Waals surface area contributed by atoms with Crippen molar-refractivity contribution in [3.8, 4) is 5.75 Å². The van der Waals surface area contributed by atoms with Gasteiger partial charge in [-0.25, -0.2) is 4.39 Å². The summed E-state index contributed by atoms with van der Waals surface area (Å²) in [7, 11) is 5.52. The van der Waals surface area contributed by atoms with E-state index in [1.807, 2.05) is 14.1 Å². The summed E-state index contributed by atoms with van der Waals surface area (Å²) in [4.78, 5) is 2.05. The van der Waals surface area contributed by atoms with Crippen LogP contribution in [0.4, 0.5) is 4.39 Å². The fourth-order valence-corrected chi connectivity index (χ4v) is 3.23. The van der Waals surface area contributed by atoms with Crippen molar-refractivity contribution in [1.29, 1.82) is 0 Å². The second kappa shape index (κ2) is 6.10. The molecule has 0 aliphatic heterocycles. The van der Waals surface area contributed by atoms with Gasteiger partial charge in [-0.3, -0.25) is 0 Å². The molecule has 1 aliphatic carbocycles. The number of hydrogen-bond donors (Lipinski definition) is 1. The highest BCUT2D eigenvalue weighted by Crippen LogP contribution is 2.43. The van der Waals surface area contributed by atoms with E-state index in [-0.39, 0.29) is 11.7 Å². The lowest BCUT2D eigenvalue weighted by molar-refractivity contribution is -0.0644. The van der Waals surface area contributed by atoms with Crippen LogP contribution in [0.2, 0.25) is 0 Å². The summed E-state index contributed by atoms with van der Waals surface area (Å²) in [6.45, 7) is 0.757. The zero-order valence-corrected chi connectivity index (χ0v) is 12.5. The molecule has 0 radical (unpaired) electrons. The molecule has 1 saturated carbocycles. The third kappa shape index (κ3) is 2.96. The predicted octanol–water partition coefficient (Wildman–Crippen LogP) is 2.77. The lowest BCUT2D eigenvalue weighted by Gasteiger charge is -2.41. The van der Waals surface area contributed by atoms with Crippen LogP contribution in [-0.4, -0.2) is 37.8 Å². The lowest BCUT2D eigenvalue weighted by Crippen LogP contribution is -2.43. The first-order valence-electron chi connectivity index (χ1n) is 7.18. The zero-order valence-electron chi connectivity index (χ0n) is 12.5. The van der Waals surface area contributed by atoms with Crippen molar-refractivity contribution in [3.05, 3.63) is 29.6 Å². The Labute approximate surface area is 120 Å². The zero-order chi connectivity index (χ0) is 14.8. The molecule has 1 N–H and O–H groups in total. The monoisotopic (exact) mass is 281 g/mol. The maximum atomic E-state index is 14.2. The Hall–Kier alpha value is -1.13. The minimum absolute atomic E-state index is 0.0489. The minimum atomic E-state index is -1.10. The summed E-state index contributed by atoms with van der Waals surface area (Å²) in [6, 6.07) is 4.61. The molecule has 1 aliphatic rings. The lowest BCUT2D eigenvalue weighted by atomic mass is 9.71. The van der Waals surface area contributed by atoms with Crippen molar-refractivity contribution in [1.82, 2.24) is 4.90 Å². The highest BCUT2D eigenvalue weighted by Gasteiger charge is 2.42. The van der Waals surface area contributed by atoms with E-state index in [0.717, 1.165) is 25.8 Å². The van der Waals surface area contributed by atoms with E-state index < -0.39 is 5.60 Å². The van der Waals surface area contributed by atoms with E-state index in [9.17, 15) is 9.50 Å². The quantitative estimate of drug-likeness (QED) is 0.921. The Morgan fingerprint density at radius 2 is 2.15 bits per heavy atom. The molecule has 0 saturated heterocycles. The van der Waals surface area contributed by atoms with Crippen molar-refractivity contribution in [2.45, 2.75) is 31.3 Å². The molecule has 2 atom stereocenters. The van der Waals surface area contributed by atoms with E-state index >= 15 is 0 Å². The van der Waals surface area contributed by atoms with Crippen LogP contribution in [0.15, 0.2) is 18.2 Å². The van der Waals surface area contributed by atoms with Gasteiger partial charge in [-0.15, -0.1) is 0 Å². The van der Waals surface area contributed by atoms with Gasteiger partial charge in [-0.2, -0.15) is 0 Å². The van der Waals surface area contributed by atoms with Gasteiger partial charge in [0.05, 0.1) is 12.7 Å². The molecule has 1 aromatic carbocycles. The summed E-state index contributed by atoms with van der Waals surface area (Å²) in [6.07, 6.45) is 3.55. The average Bonchev–Trinajstić information content (AvgIpc) is 2.41. The van der Waals surface area contributed by atoms with Crippen LogP contribution in [-0.2, 0) is 5.60 Å². The van der Waals surface area contributed by atoms with Crippen LogP contribution < -0.4 is 4.74 Å². The van der Waals surface area contributed by atoms with Gasteiger partial charge in [0.25, 0.3) is 0 Å². The topological polar surface area (TPSA) is 32.7 Å². The van der Waals surface area contributed by atoms with Crippen molar-refractivity contribution in [2.24, 2.45) is 5.92 Å². The van der Waals surface area contributed by atoms with Gasteiger partial charge in [0, 0.05) is 18.0 Å². The molecule has 0 amide bonds. The summed E-state index contributed by atoms with van der Waals surface area (Å²) in [5, 5.41) is 11.1. The van der Waals surface area contributed by atoms with E-state index in [0.29, 0.717) is 17.7 Å². The van der Waals surface area contributed by atoms with Crippen LogP contribution in [0.3, 0.4) is 0 Å². The number of ether oxygens (including phenoxy) is 1. The van der Waals surface area contributed by atoms with Crippen LogP contribution in [0, 0.1) is 11.7 Å². The van der Waals surface area contributed by atoms with Crippen LogP contribution in [0.5, 0.6) is 5.75 Å². The van der Waals surface area contributed by atoms with Crippen LogP contribution >= 0.6 is 0 Å². The SMILES string of the molecule is COc1ccc(F)c([C@@]2(O)CCCC[C@@H]2CN(C)C)c1. The Kier molecular flexibility index (Phi) is 4.66. The molecule has 0 unspecified atom stereocenters. The van der Waals surface area contributed by atoms with Gasteiger partial charge < -0.3 is 14.7 Å². The number of nitrogens with zero attached hydrogens (tertiary/aromatic N) is 1. The van der Waals surface area contributed by atoms with E-state index in [1.54, 1.807) is 19.2 Å². The summed E-state index contributed by atoms with van der Waals surface area (Å²) >= 11 is 0. The fourth-order valence-electron chi connectivity index (χ4n) is 3.23. The Morgan fingerprint density at radius 3 is 2.80 bits per heavy atom. The highest BCUT2D eigenvalue weighted by atomic mass is 19.1. The van der Waals surface area contributed by atoms with Gasteiger partial charge in [0.2, 0.25) is 0 Å². The van der Waals surface area contributed by atoms with Crippen LogP contribution in [0.1, 0.15) is 31.2 Å². The molecule has 2 rings (SSSR count). The van der Waals surface area contributed by atoms with Gasteiger partial charge >= 0.3 is 0 Å². The summed E-state index contributed by atoms with van der Waals surface area (Å²) in [5.74, 6) is 0.288. The van der Waals surface area contributed by atoms with Crippen molar-refractivity contribution < 1.29 is 14.2 Å². The minimum Gasteiger partial charge on any atom is -0.497 e. The third-order valence-corrected chi connectivity index (χ3v) is 4.26. The van der Waals surface area contributed by atoms with Gasteiger partial charge in [0.1, 0.15) is 11.6 Å². The number of aliphatic hydroxyl groups is 1. The number of hydrogen-bond acceptors (Lipinski definition) is 3. The second-order valence-corrected chi connectivity index (χ2v) is 5.97. The first-order valence-corrected chi connectivity index (χ1v) is 7.18. The van der Waals surface area contributed by atoms with E-state index in [4.69, 9.17) is 4.74 Å². The second-order valence-electron chi connectivity index (χ2n) is 5.97. The first-order chi connectivity index (χ1) is 9.47. The maximum Gasteiger partial charge on any atom is 0.129 e. The molecular weight excluding hydrogens is 257 g/mol. The maximum absolute atomic E-state index is 14.2. The van der Waals surface area contributed by atoms with Crippen molar-refractivity contribution in [2.75, 3.05) is 27.7 Å². The third-order valence-electron chi connectivity index (χ3n) is 4.26. The molecule has 112 valence electrons. The van der Waals surface area contributed by atoms with E-state index in [2.05, 4.69) is 4.90 Å². The van der Waals surface area contributed by atoms with Crippen LogP contribution in [0.25, 0.3) is 0 Å². The average molecular weight is 281 g/mol. The smallest absolute Gasteiger partial charge is 0.129 e. The molecule has 0 aromatic heterocycles. The van der Waals surface area contributed by atoms with Gasteiger partial charge in [-0.1, -0.05) is 12.8 Å². The van der Waals surface area contributed by atoms with Crippen molar-refractivity contribution >= 4 is 0 Å². The molecular formula is C16H24FNO2. The number of benzene rings is 1. The normalized spacial score (nSPS) is 26.8. The van der Waals surface area contributed by atoms with Gasteiger partial charge in [-0.05, 0) is 45.1 Å². The molecule has 0 bridgehead atoms. The van der Waals surface area contributed by atoms with E-state index in [1.165, 1.54) is 6.07 Å². The number of halogens is 1. The first kappa shape index (κ1) is 15.3. The fraction of sp³-hybridized carbons (Fsp3) is 0.625.